The van der Waals surface area contributed by atoms with Crippen LogP contribution in [0.2, 0.25) is 10.3 Å². The van der Waals surface area contributed by atoms with E-state index in [0.29, 0.717) is 51.0 Å². The monoisotopic (exact) mass is 1130 g/mol. The molecule has 2 heterocycles. The minimum atomic E-state index is -1.99. The molecule has 78 heavy (non-hydrogen) atoms. The molecule has 0 aliphatic heterocycles. The Morgan fingerprint density at radius 2 is 0.846 bits per heavy atom. The van der Waals surface area contributed by atoms with Crippen LogP contribution in [0, 0.1) is 0 Å². The highest BCUT2D eigenvalue weighted by molar-refractivity contribution is 6.32. The van der Waals surface area contributed by atoms with Gasteiger partial charge < -0.3 is 83.7 Å². The van der Waals surface area contributed by atoms with E-state index < -0.39 is 35.8 Å². The van der Waals surface area contributed by atoms with Crippen molar-refractivity contribution in [2.75, 3.05) is 115 Å². The summed E-state index contributed by atoms with van der Waals surface area (Å²) in [5.74, 6) is -2.63. The SMILES string of the molecule is NC(=NCCCCc1ccc(OCCOCCOCCNC(=O)C(O)C(O)C(=O)NCCOCCOCCOc2ccc(CCCCN=C(N)NC(=O)c3nc(Cl)c(N)nc3N)cc2)cc1)NC(=O)c1nc(Cl)c(N)nc1N. The van der Waals surface area contributed by atoms with Gasteiger partial charge in [0.25, 0.3) is 23.6 Å². The fraction of sp³-hybridized carbons (Fsp3) is 0.458. The summed E-state index contributed by atoms with van der Waals surface area (Å²) >= 11 is 11.6. The third kappa shape index (κ3) is 23.8. The summed E-state index contributed by atoms with van der Waals surface area (Å²) in [5.41, 5.74) is 35.9. The zero-order valence-electron chi connectivity index (χ0n) is 42.8. The first kappa shape index (κ1) is 63.1. The van der Waals surface area contributed by atoms with Crippen LogP contribution >= 0.6 is 23.2 Å². The lowest BCUT2D eigenvalue weighted by Crippen LogP contribution is -2.50. The van der Waals surface area contributed by atoms with Gasteiger partial charge in [-0.1, -0.05) is 47.5 Å². The molecule has 30 heteroatoms. The van der Waals surface area contributed by atoms with Gasteiger partial charge in [-0.15, -0.1) is 0 Å². The Bertz CT molecular complexity index is 2410. The number of amides is 4. The highest BCUT2D eigenvalue weighted by atomic mass is 35.5. The van der Waals surface area contributed by atoms with Crippen LogP contribution in [0.15, 0.2) is 58.5 Å². The summed E-state index contributed by atoms with van der Waals surface area (Å²) < 4.78 is 33.3. The van der Waals surface area contributed by atoms with Crippen LogP contribution in [0.3, 0.4) is 0 Å². The first-order valence-electron chi connectivity index (χ1n) is 24.6. The lowest BCUT2D eigenvalue weighted by molar-refractivity contribution is -0.146. The van der Waals surface area contributed by atoms with Crippen molar-refractivity contribution in [2.45, 2.75) is 50.7 Å². The van der Waals surface area contributed by atoms with Crippen molar-refractivity contribution in [2.24, 2.45) is 21.5 Å². The van der Waals surface area contributed by atoms with Crippen molar-refractivity contribution < 1.29 is 57.8 Å². The number of carbonyl (C=O) groups excluding carboxylic acids is 4. The van der Waals surface area contributed by atoms with Crippen molar-refractivity contribution >= 4 is 82.0 Å². The van der Waals surface area contributed by atoms with Crippen molar-refractivity contribution in [3.63, 3.8) is 0 Å². The molecule has 0 fully saturated rings. The molecular formula is C48H68Cl2N16O12. The van der Waals surface area contributed by atoms with Crippen LogP contribution in [-0.2, 0) is 41.4 Å². The predicted molar refractivity (Wildman–Crippen MR) is 291 cm³/mol. The predicted octanol–water partition coefficient (Wildman–Crippen LogP) is -0.485. The smallest absolute Gasteiger partial charge is 0.280 e. The topological polar surface area (TPSA) is 445 Å². The fourth-order valence-electron chi connectivity index (χ4n) is 6.50. The van der Waals surface area contributed by atoms with E-state index in [0.717, 1.165) is 49.7 Å². The van der Waals surface area contributed by atoms with Gasteiger partial charge in [0, 0.05) is 26.2 Å². The summed E-state index contributed by atoms with van der Waals surface area (Å²) in [5, 5.41) is 29.6. The number of nitrogen functional groups attached to an aromatic ring is 4. The normalized spacial score (nSPS) is 12.4. The molecule has 0 saturated heterocycles. The summed E-state index contributed by atoms with van der Waals surface area (Å²) in [6, 6.07) is 15.3. The number of carbonyl (C=O) groups is 4. The van der Waals surface area contributed by atoms with Crippen molar-refractivity contribution in [1.29, 1.82) is 0 Å². The second-order valence-electron chi connectivity index (χ2n) is 16.5. The molecule has 0 aliphatic rings. The molecule has 18 N–H and O–H groups in total. The molecule has 2 atom stereocenters. The maximum atomic E-state index is 12.3. The van der Waals surface area contributed by atoms with E-state index >= 15 is 0 Å². The number of guanidine groups is 2. The van der Waals surface area contributed by atoms with Gasteiger partial charge in [-0.25, -0.2) is 19.9 Å². The Balaban J connectivity index is 0.903. The van der Waals surface area contributed by atoms with E-state index in [1.165, 1.54) is 0 Å². The molecule has 0 bridgehead atoms. The van der Waals surface area contributed by atoms with Gasteiger partial charge >= 0.3 is 0 Å². The summed E-state index contributed by atoms with van der Waals surface area (Å²) in [7, 11) is 0. The molecule has 0 spiro atoms. The second kappa shape index (κ2) is 35.1. The Labute approximate surface area is 459 Å². The Kier molecular flexibility index (Phi) is 28.4. The number of anilines is 4. The molecule has 4 rings (SSSR count). The van der Waals surface area contributed by atoms with Gasteiger partial charge in [-0.05, 0) is 73.9 Å². The number of aromatic nitrogens is 4. The molecule has 4 amide bonds. The number of aryl methyl sites for hydroxylation is 2. The minimum Gasteiger partial charge on any atom is -0.491 e. The third-order valence-corrected chi connectivity index (χ3v) is 11.1. The summed E-state index contributed by atoms with van der Waals surface area (Å²) in [4.78, 5) is 72.7. The number of nitrogens with one attached hydrogen (secondary N) is 4. The molecule has 2 aromatic heterocycles. The number of halogens is 2. The van der Waals surface area contributed by atoms with Crippen molar-refractivity contribution in [3.05, 3.63) is 81.4 Å². The van der Waals surface area contributed by atoms with Gasteiger partial charge in [0.15, 0.2) is 69.1 Å². The largest absolute Gasteiger partial charge is 0.491 e. The van der Waals surface area contributed by atoms with Gasteiger partial charge in [-0.2, -0.15) is 0 Å². The standard InChI is InChI=1S/C48H68Cl2N16O12/c49-37-41(53)63-39(51)33(61-37)43(69)65-47(55)59-15-3-1-5-29-7-11-31(12-8-29)77-27-25-75-23-21-73-19-17-57-45(71)35(67)36(68)46(72)58-18-20-74-22-24-76-26-28-78-32-13-9-30(10-14-32)6-2-4-16-60-48(56)66-44(70)34-40(52)64-42(54)38(50)62-34/h7-14,35-36,67-68H,1-6,15-28H2,(H,57,71)(H,58,72)(H4,51,53,63)(H4,52,54,64)(H3,55,59,65,69)(H3,56,60,66,70). The highest BCUT2D eigenvalue weighted by Crippen LogP contribution is 2.19. The molecule has 28 nitrogen and oxygen atoms in total. The van der Waals surface area contributed by atoms with Gasteiger partial charge in [0.2, 0.25) is 0 Å². The molecule has 2 aromatic carbocycles. The van der Waals surface area contributed by atoms with Crippen LogP contribution in [0.1, 0.15) is 57.8 Å². The van der Waals surface area contributed by atoms with Crippen LogP contribution in [0.5, 0.6) is 11.5 Å². The third-order valence-electron chi connectivity index (χ3n) is 10.5. The molecule has 2 unspecified atom stereocenters. The van der Waals surface area contributed by atoms with Crippen LogP contribution in [0.4, 0.5) is 23.3 Å². The first-order valence-corrected chi connectivity index (χ1v) is 25.3. The number of hydrogen-bond donors (Lipinski definition) is 12. The Morgan fingerprint density at radius 1 is 0.500 bits per heavy atom. The zero-order chi connectivity index (χ0) is 56.7. The summed E-state index contributed by atoms with van der Waals surface area (Å²) in [6.07, 6.45) is 0.718. The maximum absolute atomic E-state index is 12.3. The number of nitrogens with zero attached hydrogens (tertiary/aromatic N) is 6. The van der Waals surface area contributed by atoms with Gasteiger partial charge in [0.05, 0.1) is 52.9 Å². The number of benzene rings is 2. The molecule has 426 valence electrons. The number of aliphatic imine (C=N–C) groups is 2. The highest BCUT2D eigenvalue weighted by Gasteiger charge is 2.30. The Morgan fingerprint density at radius 3 is 1.22 bits per heavy atom. The van der Waals surface area contributed by atoms with Crippen molar-refractivity contribution in [3.8, 4) is 11.5 Å². The van der Waals surface area contributed by atoms with E-state index in [-0.39, 0.29) is 110 Å². The number of rotatable bonds is 35. The number of ether oxygens (including phenoxy) is 6. The number of aliphatic hydroxyl groups is 2. The van der Waals surface area contributed by atoms with Crippen LogP contribution in [-0.4, -0.2) is 170 Å². The Hall–Kier alpha value is -7.44. The summed E-state index contributed by atoms with van der Waals surface area (Å²) in [6.45, 7) is 3.32. The van der Waals surface area contributed by atoms with Crippen LogP contribution in [0.25, 0.3) is 0 Å². The molecule has 0 aliphatic carbocycles. The van der Waals surface area contributed by atoms with E-state index in [9.17, 15) is 29.4 Å². The van der Waals surface area contributed by atoms with E-state index in [4.69, 9.17) is 86.0 Å². The first-order chi connectivity index (χ1) is 37.5. The van der Waals surface area contributed by atoms with E-state index in [1.54, 1.807) is 0 Å². The van der Waals surface area contributed by atoms with Gasteiger partial charge in [0.1, 0.15) is 24.7 Å². The minimum absolute atomic E-state index is 0.0257. The van der Waals surface area contributed by atoms with Crippen LogP contribution < -0.4 is 65.1 Å². The zero-order valence-corrected chi connectivity index (χ0v) is 44.3. The average molecular weight is 1130 g/mol. The lowest BCUT2D eigenvalue weighted by Gasteiger charge is -2.17. The lowest BCUT2D eigenvalue weighted by atomic mass is 10.1. The quantitative estimate of drug-likeness (QED) is 0.0157. The molecular weight excluding hydrogens is 1060 g/mol. The molecule has 4 aromatic rings. The van der Waals surface area contributed by atoms with E-state index in [1.807, 2.05) is 48.5 Å². The number of aliphatic hydroxyl groups excluding tert-OH is 2. The van der Waals surface area contributed by atoms with Crippen molar-refractivity contribution in [1.82, 2.24) is 41.2 Å². The number of hydrogen-bond acceptors (Lipinski definition) is 22. The molecule has 0 saturated carbocycles. The second-order valence-corrected chi connectivity index (χ2v) is 17.2. The van der Waals surface area contributed by atoms with E-state index in [2.05, 4.69) is 51.2 Å². The number of nitrogens with two attached hydrogens (primary N) is 6. The van der Waals surface area contributed by atoms with Gasteiger partial charge in [-0.3, -0.25) is 39.8 Å². The number of unbranched alkanes of at least 4 members (excludes halogenated alkanes) is 2. The maximum Gasteiger partial charge on any atom is 0.280 e. The fourth-order valence-corrected chi connectivity index (χ4v) is 6.76. The molecule has 0 radical (unpaired) electrons. The average Bonchev–Trinajstić information content (AvgIpc) is 3.41.